The van der Waals surface area contributed by atoms with Crippen molar-refractivity contribution < 1.29 is 0 Å². The summed E-state index contributed by atoms with van der Waals surface area (Å²) in [5.41, 5.74) is 8.52. The zero-order valence-electron chi connectivity index (χ0n) is 11.7. The Kier molecular flexibility index (Phi) is 4.04. The Morgan fingerprint density at radius 2 is 1.79 bits per heavy atom. The summed E-state index contributed by atoms with van der Waals surface area (Å²) in [6, 6.07) is 8.74. The average Bonchev–Trinajstić information content (AvgIpc) is 3.25. The van der Waals surface area contributed by atoms with Gasteiger partial charge in [0, 0.05) is 38.4 Å². The van der Waals surface area contributed by atoms with Crippen LogP contribution in [0.25, 0.3) is 0 Å². The van der Waals surface area contributed by atoms with E-state index in [9.17, 15) is 0 Å². The summed E-state index contributed by atoms with van der Waals surface area (Å²) < 4.78 is 0. The van der Waals surface area contributed by atoms with Gasteiger partial charge in [0.1, 0.15) is 0 Å². The number of hydrogen-bond donors (Lipinski definition) is 1. The summed E-state index contributed by atoms with van der Waals surface area (Å²) in [6.07, 6.45) is 3.90. The van der Waals surface area contributed by atoms with E-state index in [2.05, 4.69) is 34.1 Å². The van der Waals surface area contributed by atoms with E-state index in [4.69, 9.17) is 5.73 Å². The van der Waals surface area contributed by atoms with Crippen LogP contribution in [-0.4, -0.2) is 44.2 Å². The molecule has 1 heterocycles. The summed E-state index contributed by atoms with van der Waals surface area (Å²) in [5.74, 6) is 1.01. The van der Waals surface area contributed by atoms with E-state index in [0.29, 0.717) is 0 Å². The van der Waals surface area contributed by atoms with Crippen molar-refractivity contribution in [1.82, 2.24) is 4.90 Å². The molecule has 1 saturated heterocycles. The molecule has 0 aromatic heterocycles. The quantitative estimate of drug-likeness (QED) is 0.874. The summed E-state index contributed by atoms with van der Waals surface area (Å²) in [4.78, 5) is 5.17. The van der Waals surface area contributed by atoms with Gasteiger partial charge < -0.3 is 10.6 Å². The minimum Gasteiger partial charge on any atom is -0.369 e. The zero-order chi connectivity index (χ0) is 13.1. The third-order valence-corrected chi connectivity index (χ3v) is 4.33. The van der Waals surface area contributed by atoms with E-state index in [1.165, 1.54) is 43.7 Å². The summed E-state index contributed by atoms with van der Waals surface area (Å²) >= 11 is 0. The first-order chi connectivity index (χ1) is 9.36. The highest BCUT2D eigenvalue weighted by molar-refractivity contribution is 5.54. The zero-order valence-corrected chi connectivity index (χ0v) is 11.7. The standard InChI is InChI=1S/C16H25N3/c17-8-7-15-3-1-2-4-16(15)19-11-9-18(10-12-19)13-14-5-6-14/h1-4,14H,5-13,17H2. The fourth-order valence-electron chi connectivity index (χ4n) is 3.02. The molecule has 0 unspecified atom stereocenters. The van der Waals surface area contributed by atoms with E-state index in [1.807, 2.05) is 0 Å². The molecule has 0 amide bonds. The average molecular weight is 259 g/mol. The van der Waals surface area contributed by atoms with E-state index in [-0.39, 0.29) is 0 Å². The van der Waals surface area contributed by atoms with E-state index in [1.54, 1.807) is 0 Å². The molecule has 2 aliphatic rings. The van der Waals surface area contributed by atoms with Gasteiger partial charge in [-0.3, -0.25) is 4.90 Å². The fraction of sp³-hybridized carbons (Fsp3) is 0.625. The monoisotopic (exact) mass is 259 g/mol. The number of piperazine rings is 1. The van der Waals surface area contributed by atoms with Crippen LogP contribution in [0.15, 0.2) is 24.3 Å². The number of nitrogens with two attached hydrogens (primary N) is 1. The summed E-state index contributed by atoms with van der Waals surface area (Å²) in [6.45, 7) is 6.82. The number of anilines is 1. The Labute approximate surface area is 116 Å². The van der Waals surface area contributed by atoms with Gasteiger partial charge in [0.2, 0.25) is 0 Å². The van der Waals surface area contributed by atoms with Gasteiger partial charge in [-0.25, -0.2) is 0 Å². The van der Waals surface area contributed by atoms with Crippen LogP contribution in [0.1, 0.15) is 18.4 Å². The molecule has 3 rings (SSSR count). The van der Waals surface area contributed by atoms with Crippen LogP contribution in [-0.2, 0) is 6.42 Å². The van der Waals surface area contributed by atoms with Gasteiger partial charge in [0.05, 0.1) is 0 Å². The second kappa shape index (κ2) is 5.93. The van der Waals surface area contributed by atoms with Gasteiger partial charge in [0.25, 0.3) is 0 Å². The molecular formula is C16H25N3. The molecule has 1 aromatic rings. The van der Waals surface area contributed by atoms with Crippen LogP contribution in [0, 0.1) is 5.92 Å². The second-order valence-corrected chi connectivity index (χ2v) is 5.90. The Morgan fingerprint density at radius 3 is 2.47 bits per heavy atom. The molecular weight excluding hydrogens is 234 g/mol. The number of nitrogens with zero attached hydrogens (tertiary/aromatic N) is 2. The molecule has 0 bridgehead atoms. The van der Waals surface area contributed by atoms with Crippen molar-refractivity contribution in [2.45, 2.75) is 19.3 Å². The lowest BCUT2D eigenvalue weighted by Gasteiger charge is -2.37. The van der Waals surface area contributed by atoms with Crippen molar-refractivity contribution in [3.63, 3.8) is 0 Å². The van der Waals surface area contributed by atoms with Gasteiger partial charge in [-0.05, 0) is 43.4 Å². The van der Waals surface area contributed by atoms with Crippen molar-refractivity contribution in [2.75, 3.05) is 44.2 Å². The van der Waals surface area contributed by atoms with Crippen LogP contribution < -0.4 is 10.6 Å². The Balaban J connectivity index is 1.60. The van der Waals surface area contributed by atoms with E-state index < -0.39 is 0 Å². The highest BCUT2D eigenvalue weighted by Gasteiger charge is 2.26. The highest BCUT2D eigenvalue weighted by Crippen LogP contribution is 2.30. The lowest BCUT2D eigenvalue weighted by atomic mass is 10.1. The lowest BCUT2D eigenvalue weighted by Crippen LogP contribution is -2.47. The number of rotatable bonds is 5. The van der Waals surface area contributed by atoms with Crippen molar-refractivity contribution in [1.29, 1.82) is 0 Å². The Hall–Kier alpha value is -1.06. The van der Waals surface area contributed by atoms with Crippen molar-refractivity contribution in [3.05, 3.63) is 29.8 Å². The molecule has 1 aliphatic heterocycles. The highest BCUT2D eigenvalue weighted by atomic mass is 15.3. The third kappa shape index (κ3) is 3.28. The maximum Gasteiger partial charge on any atom is 0.0400 e. The molecule has 3 nitrogen and oxygen atoms in total. The first-order valence-electron chi connectivity index (χ1n) is 7.62. The topological polar surface area (TPSA) is 32.5 Å². The van der Waals surface area contributed by atoms with Gasteiger partial charge in [-0.2, -0.15) is 0 Å². The number of para-hydroxylation sites is 1. The molecule has 2 N–H and O–H groups in total. The predicted molar refractivity (Wildman–Crippen MR) is 80.6 cm³/mol. The molecule has 0 radical (unpaired) electrons. The molecule has 1 aromatic carbocycles. The van der Waals surface area contributed by atoms with Crippen LogP contribution in [0.4, 0.5) is 5.69 Å². The van der Waals surface area contributed by atoms with Crippen LogP contribution >= 0.6 is 0 Å². The maximum atomic E-state index is 5.72. The summed E-state index contributed by atoms with van der Waals surface area (Å²) in [7, 11) is 0. The van der Waals surface area contributed by atoms with E-state index in [0.717, 1.165) is 32.0 Å². The molecule has 104 valence electrons. The predicted octanol–water partition coefficient (Wildman–Crippen LogP) is 1.72. The Morgan fingerprint density at radius 1 is 1.05 bits per heavy atom. The number of hydrogen-bond acceptors (Lipinski definition) is 3. The van der Waals surface area contributed by atoms with Crippen molar-refractivity contribution in [3.8, 4) is 0 Å². The molecule has 0 atom stereocenters. The first-order valence-corrected chi connectivity index (χ1v) is 7.62. The van der Waals surface area contributed by atoms with Gasteiger partial charge in [-0.1, -0.05) is 18.2 Å². The van der Waals surface area contributed by atoms with Gasteiger partial charge in [0.15, 0.2) is 0 Å². The lowest BCUT2D eigenvalue weighted by molar-refractivity contribution is 0.248. The van der Waals surface area contributed by atoms with Crippen molar-refractivity contribution >= 4 is 5.69 Å². The molecule has 1 saturated carbocycles. The summed E-state index contributed by atoms with van der Waals surface area (Å²) in [5, 5.41) is 0. The fourth-order valence-corrected chi connectivity index (χ4v) is 3.02. The maximum absolute atomic E-state index is 5.72. The van der Waals surface area contributed by atoms with Gasteiger partial charge in [-0.15, -0.1) is 0 Å². The molecule has 2 fully saturated rings. The van der Waals surface area contributed by atoms with Crippen LogP contribution in [0.2, 0.25) is 0 Å². The SMILES string of the molecule is NCCc1ccccc1N1CCN(CC2CC2)CC1. The van der Waals surface area contributed by atoms with Crippen molar-refractivity contribution in [2.24, 2.45) is 11.7 Å². The van der Waals surface area contributed by atoms with Crippen LogP contribution in [0.5, 0.6) is 0 Å². The molecule has 0 spiro atoms. The molecule has 3 heteroatoms. The number of benzene rings is 1. The minimum absolute atomic E-state index is 0.735. The minimum atomic E-state index is 0.735. The van der Waals surface area contributed by atoms with Crippen LogP contribution in [0.3, 0.4) is 0 Å². The Bertz CT molecular complexity index is 406. The first kappa shape index (κ1) is 12.9. The van der Waals surface area contributed by atoms with E-state index >= 15 is 0 Å². The smallest absolute Gasteiger partial charge is 0.0400 e. The normalized spacial score (nSPS) is 20.8. The third-order valence-electron chi connectivity index (χ3n) is 4.33. The molecule has 19 heavy (non-hydrogen) atoms. The largest absolute Gasteiger partial charge is 0.369 e. The molecule has 1 aliphatic carbocycles. The second-order valence-electron chi connectivity index (χ2n) is 5.90. The van der Waals surface area contributed by atoms with Gasteiger partial charge >= 0.3 is 0 Å².